The second-order valence-corrected chi connectivity index (χ2v) is 10.8. The quantitative estimate of drug-likeness (QED) is 0.379. The average Bonchev–Trinajstić information content (AvgIpc) is 3.25. The lowest BCUT2D eigenvalue weighted by atomic mass is 9.77. The normalized spacial score (nSPS) is 21.8. The maximum atomic E-state index is 13.0. The van der Waals surface area contributed by atoms with E-state index in [9.17, 15) is 8.42 Å². The van der Waals surface area contributed by atoms with Crippen LogP contribution in [-0.2, 0) is 10.0 Å². The molecule has 1 aliphatic carbocycles. The predicted octanol–water partition coefficient (Wildman–Crippen LogP) is 6.73. The van der Waals surface area contributed by atoms with E-state index in [1.54, 1.807) is 36.4 Å². The van der Waals surface area contributed by atoms with Gasteiger partial charge in [0, 0.05) is 26.8 Å². The number of anilines is 2. The molecule has 0 unspecified atom stereocenters. The molecule has 7 heteroatoms. The van der Waals surface area contributed by atoms with Crippen LogP contribution in [0.25, 0.3) is 0 Å². The van der Waals surface area contributed by atoms with Crippen molar-refractivity contribution in [1.29, 1.82) is 0 Å². The van der Waals surface area contributed by atoms with Crippen molar-refractivity contribution in [3.05, 3.63) is 99.5 Å². The third-order valence-corrected chi connectivity index (χ3v) is 8.33. The summed E-state index contributed by atoms with van der Waals surface area (Å²) in [5, 5.41) is 4.22. The maximum Gasteiger partial charge on any atom is 0.261 e. The average molecular weight is 516 g/mol. The van der Waals surface area contributed by atoms with Crippen molar-refractivity contribution < 1.29 is 8.42 Å². The lowest BCUT2D eigenvalue weighted by molar-refractivity contribution is 0.424. The number of hydrogen-bond acceptors (Lipinski definition) is 3. The number of allylic oxidation sites excluding steroid dienone is 2. The second kappa shape index (κ2) is 8.01. The molecule has 0 aromatic heterocycles. The maximum absolute atomic E-state index is 13.0. The van der Waals surface area contributed by atoms with Crippen LogP contribution in [-0.4, -0.2) is 8.42 Å². The summed E-state index contributed by atoms with van der Waals surface area (Å²) < 4.78 is 29.7. The van der Waals surface area contributed by atoms with Crippen LogP contribution in [0.5, 0.6) is 0 Å². The highest BCUT2D eigenvalue weighted by Gasteiger charge is 2.39. The smallest absolute Gasteiger partial charge is 0.261 e. The standard InChI is InChI=1S/C24H20BrClN2O2S/c25-22-7-2-1-4-20(22)24-19-6-3-5-18(19)21-14-17(12-13-23(21)27-24)31(29,30)28-16-10-8-15(26)9-11-16/h1-5,7-14,18-19,24,27-28H,6H2/t18-,19+,24-/m0/s1. The van der Waals surface area contributed by atoms with Crippen molar-refractivity contribution in [2.75, 3.05) is 10.0 Å². The van der Waals surface area contributed by atoms with E-state index in [-0.39, 0.29) is 16.9 Å². The van der Waals surface area contributed by atoms with Gasteiger partial charge in [0.15, 0.2) is 0 Å². The van der Waals surface area contributed by atoms with E-state index in [0.29, 0.717) is 16.6 Å². The van der Waals surface area contributed by atoms with Gasteiger partial charge in [-0.15, -0.1) is 0 Å². The zero-order valence-corrected chi connectivity index (χ0v) is 19.6. The van der Waals surface area contributed by atoms with Gasteiger partial charge in [0.05, 0.1) is 10.9 Å². The molecule has 3 aromatic carbocycles. The molecule has 0 radical (unpaired) electrons. The van der Waals surface area contributed by atoms with Gasteiger partial charge in [-0.1, -0.05) is 57.9 Å². The molecule has 31 heavy (non-hydrogen) atoms. The molecule has 5 rings (SSSR count). The summed E-state index contributed by atoms with van der Waals surface area (Å²) in [7, 11) is -3.71. The van der Waals surface area contributed by atoms with Gasteiger partial charge in [-0.05, 0) is 72.0 Å². The Labute approximate surface area is 195 Å². The molecular weight excluding hydrogens is 496 g/mol. The Hall–Kier alpha value is -2.28. The largest absolute Gasteiger partial charge is 0.378 e. The van der Waals surface area contributed by atoms with E-state index in [1.165, 1.54) is 5.56 Å². The van der Waals surface area contributed by atoms with Crippen LogP contribution >= 0.6 is 27.5 Å². The van der Waals surface area contributed by atoms with Gasteiger partial charge in [0.2, 0.25) is 0 Å². The molecule has 0 spiro atoms. The van der Waals surface area contributed by atoms with Crippen LogP contribution in [0.15, 0.2) is 88.3 Å². The first-order chi connectivity index (χ1) is 14.9. The van der Waals surface area contributed by atoms with Crippen LogP contribution in [0.1, 0.15) is 29.5 Å². The van der Waals surface area contributed by atoms with Gasteiger partial charge in [0.25, 0.3) is 10.0 Å². The minimum absolute atomic E-state index is 0.151. The van der Waals surface area contributed by atoms with E-state index in [4.69, 9.17) is 11.6 Å². The molecule has 4 nitrogen and oxygen atoms in total. The Morgan fingerprint density at radius 2 is 1.77 bits per heavy atom. The summed E-state index contributed by atoms with van der Waals surface area (Å²) in [6, 6.07) is 20.3. The van der Waals surface area contributed by atoms with Crippen LogP contribution in [0.3, 0.4) is 0 Å². The monoisotopic (exact) mass is 514 g/mol. The fourth-order valence-electron chi connectivity index (χ4n) is 4.51. The SMILES string of the molecule is O=S(=O)(Nc1ccc(Cl)cc1)c1ccc2c(c1)[C@H]1C=CC[C@H]1[C@@H](c1ccccc1Br)N2. The molecule has 0 saturated carbocycles. The molecule has 2 N–H and O–H groups in total. The van der Waals surface area contributed by atoms with Crippen molar-refractivity contribution in [3.63, 3.8) is 0 Å². The van der Waals surface area contributed by atoms with Crippen molar-refractivity contribution in [2.45, 2.75) is 23.3 Å². The Morgan fingerprint density at radius 3 is 2.55 bits per heavy atom. The number of hydrogen-bond donors (Lipinski definition) is 2. The highest BCUT2D eigenvalue weighted by atomic mass is 79.9. The van der Waals surface area contributed by atoms with E-state index in [1.807, 2.05) is 18.2 Å². The van der Waals surface area contributed by atoms with Gasteiger partial charge in [-0.3, -0.25) is 4.72 Å². The van der Waals surface area contributed by atoms with Crippen LogP contribution in [0, 0.1) is 5.92 Å². The molecule has 3 atom stereocenters. The first kappa shape index (κ1) is 20.6. The highest BCUT2D eigenvalue weighted by Crippen LogP contribution is 2.51. The Morgan fingerprint density at radius 1 is 1.00 bits per heavy atom. The minimum Gasteiger partial charge on any atom is -0.378 e. The number of fused-ring (bicyclic) bond motifs is 3. The third kappa shape index (κ3) is 3.88. The first-order valence-electron chi connectivity index (χ1n) is 10.0. The summed E-state index contributed by atoms with van der Waals surface area (Å²) in [4.78, 5) is 0.251. The first-order valence-corrected chi connectivity index (χ1v) is 12.7. The molecule has 0 amide bonds. The lowest BCUT2D eigenvalue weighted by Crippen LogP contribution is -2.29. The molecular formula is C24H20BrClN2O2S. The predicted molar refractivity (Wildman–Crippen MR) is 129 cm³/mol. The Kier molecular flexibility index (Phi) is 5.32. The van der Waals surface area contributed by atoms with Gasteiger partial charge < -0.3 is 5.32 Å². The zero-order chi connectivity index (χ0) is 21.6. The van der Waals surface area contributed by atoms with Crippen molar-refractivity contribution in [2.24, 2.45) is 5.92 Å². The van der Waals surface area contributed by atoms with E-state index >= 15 is 0 Å². The molecule has 2 aliphatic rings. The van der Waals surface area contributed by atoms with Crippen molar-refractivity contribution in [3.8, 4) is 0 Å². The van der Waals surface area contributed by atoms with Crippen LogP contribution < -0.4 is 10.0 Å². The fraction of sp³-hybridized carbons (Fsp3) is 0.167. The van der Waals surface area contributed by atoms with Crippen LogP contribution in [0.2, 0.25) is 5.02 Å². The lowest BCUT2D eigenvalue weighted by Gasteiger charge is -2.38. The van der Waals surface area contributed by atoms with Gasteiger partial charge in [0.1, 0.15) is 0 Å². The number of halogens is 2. The number of rotatable bonds is 4. The van der Waals surface area contributed by atoms with Crippen molar-refractivity contribution in [1.82, 2.24) is 0 Å². The van der Waals surface area contributed by atoms with E-state index < -0.39 is 10.0 Å². The fourth-order valence-corrected chi connectivity index (χ4v) is 6.26. The molecule has 1 aliphatic heterocycles. The summed E-state index contributed by atoms with van der Waals surface area (Å²) in [5.74, 6) is 0.493. The summed E-state index contributed by atoms with van der Waals surface area (Å²) in [5.41, 5.74) is 3.68. The molecule has 3 aromatic rings. The van der Waals surface area contributed by atoms with Gasteiger partial charge in [-0.2, -0.15) is 0 Å². The summed E-state index contributed by atoms with van der Waals surface area (Å²) in [6.45, 7) is 0. The molecule has 1 heterocycles. The second-order valence-electron chi connectivity index (χ2n) is 7.86. The molecule has 158 valence electrons. The molecule has 0 fully saturated rings. The van der Waals surface area contributed by atoms with E-state index in [0.717, 1.165) is 22.1 Å². The minimum atomic E-state index is -3.71. The van der Waals surface area contributed by atoms with Gasteiger partial charge >= 0.3 is 0 Å². The Bertz CT molecular complexity index is 1270. The topological polar surface area (TPSA) is 58.2 Å². The highest BCUT2D eigenvalue weighted by molar-refractivity contribution is 9.10. The Balaban J connectivity index is 1.50. The third-order valence-electron chi connectivity index (χ3n) is 5.98. The summed E-state index contributed by atoms with van der Waals surface area (Å²) in [6.07, 6.45) is 5.35. The summed E-state index contributed by atoms with van der Waals surface area (Å²) >= 11 is 9.59. The van der Waals surface area contributed by atoms with Crippen LogP contribution in [0.4, 0.5) is 11.4 Å². The zero-order valence-electron chi connectivity index (χ0n) is 16.4. The molecule has 0 bridgehead atoms. The van der Waals surface area contributed by atoms with Crippen molar-refractivity contribution >= 4 is 48.9 Å². The van der Waals surface area contributed by atoms with Gasteiger partial charge in [-0.25, -0.2) is 8.42 Å². The van der Waals surface area contributed by atoms with E-state index in [2.05, 4.69) is 50.3 Å². The molecule has 0 saturated heterocycles. The number of sulfonamides is 1. The number of nitrogens with one attached hydrogen (secondary N) is 2. The number of benzene rings is 3.